The van der Waals surface area contributed by atoms with Gasteiger partial charge < -0.3 is 4.74 Å². The molecular formula is C11H16BrNO3S. The number of benzene rings is 1. The Bertz CT molecular complexity index is 506. The molecule has 1 aromatic rings. The predicted molar refractivity (Wildman–Crippen MR) is 70.8 cm³/mol. The van der Waals surface area contributed by atoms with E-state index < -0.39 is 15.6 Å². The summed E-state index contributed by atoms with van der Waals surface area (Å²) >= 11 is 3.24. The first kappa shape index (κ1) is 14.5. The molecule has 0 amide bonds. The lowest BCUT2D eigenvalue weighted by molar-refractivity contribution is 0.410. The largest absolute Gasteiger partial charge is 0.496 e. The Hall–Kier alpha value is -0.590. The SMILES string of the molecule is COc1cccc(S(=O)(=O)NC(C)(C)C)c1Br. The van der Waals surface area contributed by atoms with E-state index in [-0.39, 0.29) is 4.90 Å². The molecule has 0 aliphatic carbocycles. The third kappa shape index (κ3) is 3.69. The van der Waals surface area contributed by atoms with E-state index in [9.17, 15) is 8.42 Å². The van der Waals surface area contributed by atoms with Gasteiger partial charge in [-0.1, -0.05) is 6.07 Å². The number of rotatable bonds is 3. The molecule has 0 heterocycles. The summed E-state index contributed by atoms with van der Waals surface area (Å²) in [6.07, 6.45) is 0. The summed E-state index contributed by atoms with van der Waals surface area (Å²) in [5, 5.41) is 0. The Morgan fingerprint density at radius 3 is 2.35 bits per heavy atom. The van der Waals surface area contributed by atoms with Gasteiger partial charge in [-0.25, -0.2) is 13.1 Å². The second-order valence-corrected chi connectivity index (χ2v) is 7.07. The smallest absolute Gasteiger partial charge is 0.242 e. The Morgan fingerprint density at radius 1 is 1.29 bits per heavy atom. The first-order valence-corrected chi connectivity index (χ1v) is 7.31. The van der Waals surface area contributed by atoms with Crippen molar-refractivity contribution in [3.05, 3.63) is 22.7 Å². The van der Waals surface area contributed by atoms with Crippen LogP contribution in [0, 0.1) is 0 Å². The van der Waals surface area contributed by atoms with E-state index in [2.05, 4.69) is 20.7 Å². The van der Waals surface area contributed by atoms with Gasteiger partial charge in [-0.15, -0.1) is 0 Å². The summed E-state index contributed by atoms with van der Waals surface area (Å²) in [6, 6.07) is 4.86. The predicted octanol–water partition coefficient (Wildman–Crippen LogP) is 2.53. The lowest BCUT2D eigenvalue weighted by Gasteiger charge is -2.21. The van der Waals surface area contributed by atoms with Crippen molar-refractivity contribution in [1.82, 2.24) is 4.72 Å². The quantitative estimate of drug-likeness (QED) is 0.930. The summed E-state index contributed by atoms with van der Waals surface area (Å²) in [6.45, 7) is 5.37. The fourth-order valence-electron chi connectivity index (χ4n) is 1.31. The average molecular weight is 322 g/mol. The zero-order valence-corrected chi connectivity index (χ0v) is 12.6. The van der Waals surface area contributed by atoms with Crippen molar-refractivity contribution in [2.45, 2.75) is 31.2 Å². The van der Waals surface area contributed by atoms with Crippen LogP contribution in [0.2, 0.25) is 0 Å². The summed E-state index contributed by atoms with van der Waals surface area (Å²) in [5.41, 5.74) is -0.526. The lowest BCUT2D eigenvalue weighted by Crippen LogP contribution is -2.40. The summed E-state index contributed by atoms with van der Waals surface area (Å²) in [5.74, 6) is 0.488. The van der Waals surface area contributed by atoms with Crippen molar-refractivity contribution in [1.29, 1.82) is 0 Å². The van der Waals surface area contributed by atoms with Gasteiger partial charge in [0.25, 0.3) is 0 Å². The third-order valence-electron chi connectivity index (χ3n) is 1.88. The van der Waals surface area contributed by atoms with Crippen LogP contribution in [0.15, 0.2) is 27.6 Å². The first-order valence-electron chi connectivity index (χ1n) is 5.04. The minimum atomic E-state index is -3.56. The van der Waals surface area contributed by atoms with Crippen molar-refractivity contribution in [3.63, 3.8) is 0 Å². The van der Waals surface area contributed by atoms with Gasteiger partial charge >= 0.3 is 0 Å². The van der Waals surface area contributed by atoms with Crippen molar-refractivity contribution < 1.29 is 13.2 Å². The molecule has 1 aromatic carbocycles. The topological polar surface area (TPSA) is 55.4 Å². The highest BCUT2D eigenvalue weighted by Crippen LogP contribution is 2.31. The number of ether oxygens (including phenoxy) is 1. The number of halogens is 1. The fraction of sp³-hybridized carbons (Fsp3) is 0.455. The maximum Gasteiger partial charge on any atom is 0.242 e. The Labute approximate surface area is 111 Å². The molecule has 0 atom stereocenters. The van der Waals surface area contributed by atoms with E-state index in [1.807, 2.05) is 0 Å². The maximum absolute atomic E-state index is 12.1. The minimum absolute atomic E-state index is 0.173. The van der Waals surface area contributed by atoms with E-state index in [1.54, 1.807) is 32.9 Å². The number of hydrogen-bond donors (Lipinski definition) is 1. The second-order valence-electron chi connectivity index (χ2n) is 4.63. The van der Waals surface area contributed by atoms with Gasteiger partial charge in [-0.3, -0.25) is 0 Å². The summed E-state index contributed by atoms with van der Waals surface area (Å²) in [7, 11) is -2.06. The Morgan fingerprint density at radius 2 is 1.88 bits per heavy atom. The van der Waals surface area contributed by atoms with Crippen LogP contribution in [0.4, 0.5) is 0 Å². The maximum atomic E-state index is 12.1. The molecule has 1 N–H and O–H groups in total. The highest BCUT2D eigenvalue weighted by Gasteiger charge is 2.25. The first-order chi connectivity index (χ1) is 7.67. The van der Waals surface area contributed by atoms with Gasteiger partial charge in [0.2, 0.25) is 10.0 Å². The van der Waals surface area contributed by atoms with Gasteiger partial charge in [0.05, 0.1) is 16.5 Å². The zero-order chi connectivity index (χ0) is 13.3. The zero-order valence-electron chi connectivity index (χ0n) is 10.2. The third-order valence-corrected chi connectivity index (χ3v) is 4.76. The molecule has 0 unspecified atom stereocenters. The molecule has 96 valence electrons. The molecule has 6 heteroatoms. The normalized spacial score (nSPS) is 12.5. The molecule has 0 saturated carbocycles. The highest BCUT2D eigenvalue weighted by atomic mass is 79.9. The van der Waals surface area contributed by atoms with E-state index >= 15 is 0 Å². The number of sulfonamides is 1. The summed E-state index contributed by atoms with van der Waals surface area (Å²) in [4.78, 5) is 0.173. The molecule has 0 fully saturated rings. The van der Waals surface area contributed by atoms with Crippen molar-refractivity contribution in [3.8, 4) is 5.75 Å². The molecule has 4 nitrogen and oxygen atoms in total. The van der Waals surface area contributed by atoms with Crippen LogP contribution in [0.25, 0.3) is 0 Å². The average Bonchev–Trinajstić information content (AvgIpc) is 2.14. The van der Waals surface area contributed by atoms with Crippen molar-refractivity contribution >= 4 is 26.0 Å². The lowest BCUT2D eigenvalue weighted by atomic mass is 10.1. The van der Waals surface area contributed by atoms with Crippen molar-refractivity contribution in [2.75, 3.05) is 7.11 Å². The standard InChI is InChI=1S/C11H16BrNO3S/c1-11(2,3)13-17(14,15)9-7-5-6-8(16-4)10(9)12/h5-7,13H,1-4H3. The molecule has 0 aliphatic heterocycles. The van der Waals surface area contributed by atoms with Gasteiger partial charge in [-0.05, 0) is 48.8 Å². The van der Waals surface area contributed by atoms with Crippen molar-refractivity contribution in [2.24, 2.45) is 0 Å². The van der Waals surface area contributed by atoms with E-state index in [4.69, 9.17) is 4.74 Å². The van der Waals surface area contributed by atoms with Crippen LogP contribution < -0.4 is 9.46 Å². The molecule has 17 heavy (non-hydrogen) atoms. The number of nitrogens with one attached hydrogen (secondary N) is 1. The number of methoxy groups -OCH3 is 1. The summed E-state index contributed by atoms with van der Waals surface area (Å²) < 4.78 is 32.4. The second kappa shape index (κ2) is 4.96. The number of hydrogen-bond acceptors (Lipinski definition) is 3. The van der Waals surface area contributed by atoms with E-state index in [1.165, 1.54) is 13.2 Å². The molecular weight excluding hydrogens is 306 g/mol. The monoisotopic (exact) mass is 321 g/mol. The van der Waals surface area contributed by atoms with Crippen LogP contribution in [-0.4, -0.2) is 21.1 Å². The Kier molecular flexibility index (Phi) is 4.22. The van der Waals surface area contributed by atoms with Crippen LogP contribution in [-0.2, 0) is 10.0 Å². The molecule has 0 radical (unpaired) electrons. The van der Waals surface area contributed by atoms with Crippen LogP contribution in [0.3, 0.4) is 0 Å². The van der Waals surface area contributed by atoms with Gasteiger partial charge in [-0.2, -0.15) is 0 Å². The molecule has 0 bridgehead atoms. The van der Waals surface area contributed by atoms with Gasteiger partial charge in [0, 0.05) is 5.54 Å². The molecule has 0 aromatic heterocycles. The van der Waals surface area contributed by atoms with Crippen LogP contribution in [0.5, 0.6) is 5.75 Å². The van der Waals surface area contributed by atoms with Crippen LogP contribution >= 0.6 is 15.9 Å². The fourth-order valence-corrected chi connectivity index (χ4v) is 3.89. The van der Waals surface area contributed by atoms with E-state index in [0.29, 0.717) is 10.2 Å². The molecule has 0 aliphatic rings. The minimum Gasteiger partial charge on any atom is -0.496 e. The molecule has 0 spiro atoms. The highest BCUT2D eigenvalue weighted by molar-refractivity contribution is 9.10. The van der Waals surface area contributed by atoms with Gasteiger partial charge in [0.1, 0.15) is 5.75 Å². The van der Waals surface area contributed by atoms with Crippen LogP contribution in [0.1, 0.15) is 20.8 Å². The molecule has 0 saturated heterocycles. The van der Waals surface area contributed by atoms with E-state index in [0.717, 1.165) is 0 Å². The molecule has 1 rings (SSSR count). The Balaban J connectivity index is 3.25. The van der Waals surface area contributed by atoms with Gasteiger partial charge in [0.15, 0.2) is 0 Å².